The third kappa shape index (κ3) is 4.10. The van der Waals surface area contributed by atoms with Crippen LogP contribution in [0, 0.1) is 5.41 Å². The Bertz CT molecular complexity index is 870. The topological polar surface area (TPSA) is 9.23 Å². The minimum atomic E-state index is -2.44. The Morgan fingerprint density at radius 1 is 0.724 bits per heavy atom. The lowest BCUT2D eigenvalue weighted by Crippen LogP contribution is -2.67. The van der Waals surface area contributed by atoms with E-state index in [-0.39, 0.29) is 5.04 Å². The zero-order valence-electron chi connectivity index (χ0n) is 17.9. The molecule has 0 saturated heterocycles. The molecule has 150 valence electrons. The second-order valence-corrected chi connectivity index (χ2v) is 13.9. The van der Waals surface area contributed by atoms with Crippen LogP contribution in [0.4, 0.5) is 0 Å². The van der Waals surface area contributed by atoms with Crippen LogP contribution < -0.4 is 10.4 Å². The predicted molar refractivity (Wildman–Crippen MR) is 125 cm³/mol. The van der Waals surface area contributed by atoms with Gasteiger partial charge in [0, 0.05) is 6.61 Å². The summed E-state index contributed by atoms with van der Waals surface area (Å²) in [5, 5.41) is 2.78. The molecule has 29 heavy (non-hydrogen) atoms. The Kier molecular flexibility index (Phi) is 5.50. The second-order valence-electron chi connectivity index (χ2n) is 9.61. The largest absolute Gasteiger partial charge is 0.407 e. The van der Waals surface area contributed by atoms with Gasteiger partial charge >= 0.3 is 0 Å². The lowest BCUT2D eigenvalue weighted by molar-refractivity contribution is 0.220. The molecule has 0 amide bonds. The number of hydrogen-bond acceptors (Lipinski definition) is 1. The maximum atomic E-state index is 7.20. The fourth-order valence-electron chi connectivity index (χ4n) is 4.60. The summed E-state index contributed by atoms with van der Waals surface area (Å²) < 4.78 is 7.20. The molecule has 1 saturated carbocycles. The van der Waals surface area contributed by atoms with E-state index in [1.165, 1.54) is 28.8 Å². The van der Waals surface area contributed by atoms with Crippen molar-refractivity contribution in [1.29, 1.82) is 0 Å². The van der Waals surface area contributed by atoms with Crippen molar-refractivity contribution in [1.82, 2.24) is 0 Å². The summed E-state index contributed by atoms with van der Waals surface area (Å²) in [7, 11) is -2.44. The van der Waals surface area contributed by atoms with Gasteiger partial charge in [-0.1, -0.05) is 112 Å². The molecular formula is C27H32OSi. The highest BCUT2D eigenvalue weighted by Crippen LogP contribution is 2.50. The number of benzene rings is 3. The molecule has 3 aromatic carbocycles. The summed E-state index contributed by atoms with van der Waals surface area (Å²) in [5.74, 6) is 0. The molecule has 2 heteroatoms. The van der Waals surface area contributed by atoms with Gasteiger partial charge in [-0.3, -0.25) is 0 Å². The molecule has 1 aliphatic carbocycles. The Labute approximate surface area is 176 Å². The first-order valence-corrected chi connectivity index (χ1v) is 12.7. The SMILES string of the molecule is CC(C)(C)[Si](OCC1(Cc2ccccc2)CC1)(c1ccccc1)c1ccccc1. The zero-order chi connectivity index (χ0) is 20.4. The third-order valence-electron chi connectivity index (χ3n) is 6.39. The lowest BCUT2D eigenvalue weighted by Gasteiger charge is -2.44. The van der Waals surface area contributed by atoms with Crippen molar-refractivity contribution >= 4 is 18.7 Å². The van der Waals surface area contributed by atoms with Crippen molar-refractivity contribution in [2.24, 2.45) is 5.41 Å². The summed E-state index contributed by atoms with van der Waals surface area (Å²) in [4.78, 5) is 0. The average molecular weight is 401 g/mol. The van der Waals surface area contributed by atoms with Crippen molar-refractivity contribution in [3.8, 4) is 0 Å². The van der Waals surface area contributed by atoms with Crippen LogP contribution >= 0.6 is 0 Å². The molecule has 1 fully saturated rings. The Morgan fingerprint density at radius 3 is 1.59 bits per heavy atom. The van der Waals surface area contributed by atoms with Gasteiger partial charge in [0.05, 0.1) is 0 Å². The maximum Gasteiger partial charge on any atom is 0.261 e. The fourth-order valence-corrected chi connectivity index (χ4v) is 9.28. The highest BCUT2D eigenvalue weighted by Gasteiger charge is 2.53. The smallest absolute Gasteiger partial charge is 0.261 e. The number of hydrogen-bond donors (Lipinski definition) is 0. The van der Waals surface area contributed by atoms with Gasteiger partial charge in [0.1, 0.15) is 0 Å². The highest BCUT2D eigenvalue weighted by molar-refractivity contribution is 6.99. The van der Waals surface area contributed by atoms with Gasteiger partial charge in [0.25, 0.3) is 8.32 Å². The Morgan fingerprint density at radius 2 is 1.17 bits per heavy atom. The van der Waals surface area contributed by atoms with Gasteiger partial charge in [-0.05, 0) is 45.7 Å². The molecule has 1 nitrogen and oxygen atoms in total. The van der Waals surface area contributed by atoms with Gasteiger partial charge in [0.15, 0.2) is 0 Å². The molecule has 0 aromatic heterocycles. The van der Waals surface area contributed by atoms with Crippen LogP contribution in [-0.2, 0) is 10.8 Å². The predicted octanol–water partition coefficient (Wildman–Crippen LogP) is 5.59. The van der Waals surface area contributed by atoms with Crippen LogP contribution in [0.15, 0.2) is 91.0 Å². The molecule has 0 N–H and O–H groups in total. The van der Waals surface area contributed by atoms with Gasteiger partial charge < -0.3 is 4.43 Å². The summed E-state index contributed by atoms with van der Waals surface area (Å²) in [6, 6.07) is 32.9. The van der Waals surface area contributed by atoms with E-state index in [0.717, 1.165) is 13.0 Å². The summed E-state index contributed by atoms with van der Waals surface area (Å²) >= 11 is 0. The summed E-state index contributed by atoms with van der Waals surface area (Å²) in [6.45, 7) is 7.91. The first-order chi connectivity index (χ1) is 14.0. The molecule has 0 heterocycles. The Balaban J connectivity index is 1.70. The summed E-state index contributed by atoms with van der Waals surface area (Å²) in [6.07, 6.45) is 3.65. The molecule has 4 rings (SSSR count). The van der Waals surface area contributed by atoms with Crippen LogP contribution in [-0.4, -0.2) is 14.9 Å². The van der Waals surface area contributed by atoms with Gasteiger partial charge in [-0.15, -0.1) is 0 Å². The van der Waals surface area contributed by atoms with Crippen LogP contribution in [0.2, 0.25) is 5.04 Å². The van der Waals surface area contributed by atoms with Crippen molar-refractivity contribution < 1.29 is 4.43 Å². The van der Waals surface area contributed by atoms with Crippen LogP contribution in [0.1, 0.15) is 39.2 Å². The van der Waals surface area contributed by atoms with E-state index >= 15 is 0 Å². The van der Waals surface area contributed by atoms with E-state index < -0.39 is 8.32 Å². The van der Waals surface area contributed by atoms with Crippen LogP contribution in [0.25, 0.3) is 0 Å². The molecular weight excluding hydrogens is 368 g/mol. The van der Waals surface area contributed by atoms with E-state index in [2.05, 4.69) is 112 Å². The molecule has 0 aliphatic heterocycles. The van der Waals surface area contributed by atoms with E-state index in [9.17, 15) is 0 Å². The number of rotatable bonds is 7. The lowest BCUT2D eigenvalue weighted by atomic mass is 9.98. The molecule has 0 radical (unpaired) electrons. The standard InChI is InChI=1S/C27H32OSi/c1-26(2,3)29(24-15-9-5-10-16-24,25-17-11-6-12-18-25)28-22-27(19-20-27)21-23-13-7-4-8-14-23/h4-18H,19-22H2,1-3H3. The third-order valence-corrected chi connectivity index (χ3v) is 11.4. The van der Waals surface area contributed by atoms with Crippen molar-refractivity contribution in [3.05, 3.63) is 96.6 Å². The van der Waals surface area contributed by atoms with E-state index in [0.29, 0.717) is 5.41 Å². The van der Waals surface area contributed by atoms with E-state index in [1.54, 1.807) is 0 Å². The van der Waals surface area contributed by atoms with Crippen molar-refractivity contribution in [2.45, 2.75) is 45.1 Å². The average Bonchev–Trinajstić information content (AvgIpc) is 3.49. The van der Waals surface area contributed by atoms with Crippen molar-refractivity contribution in [2.75, 3.05) is 6.61 Å². The maximum absolute atomic E-state index is 7.20. The first-order valence-electron chi connectivity index (χ1n) is 10.7. The van der Waals surface area contributed by atoms with Crippen molar-refractivity contribution in [3.63, 3.8) is 0 Å². The van der Waals surface area contributed by atoms with Crippen LogP contribution in [0.5, 0.6) is 0 Å². The first kappa shape index (κ1) is 20.1. The summed E-state index contributed by atoms with van der Waals surface area (Å²) in [5.41, 5.74) is 1.73. The second kappa shape index (κ2) is 7.93. The molecule has 0 atom stereocenters. The van der Waals surface area contributed by atoms with Gasteiger partial charge in [-0.2, -0.15) is 0 Å². The minimum absolute atomic E-state index is 0.0402. The zero-order valence-corrected chi connectivity index (χ0v) is 18.9. The molecule has 0 unspecified atom stereocenters. The highest BCUT2D eigenvalue weighted by atomic mass is 28.4. The Hall–Kier alpha value is -2.16. The molecule has 0 spiro atoms. The molecule has 3 aromatic rings. The molecule has 1 aliphatic rings. The van der Waals surface area contributed by atoms with Crippen LogP contribution in [0.3, 0.4) is 0 Å². The minimum Gasteiger partial charge on any atom is -0.407 e. The quantitative estimate of drug-likeness (QED) is 0.470. The fraction of sp³-hybridized carbons (Fsp3) is 0.333. The molecule has 0 bridgehead atoms. The monoisotopic (exact) mass is 400 g/mol. The van der Waals surface area contributed by atoms with Gasteiger partial charge in [-0.25, -0.2) is 0 Å². The normalized spacial score (nSPS) is 15.8. The van der Waals surface area contributed by atoms with E-state index in [4.69, 9.17) is 4.43 Å². The van der Waals surface area contributed by atoms with Gasteiger partial charge in [0.2, 0.25) is 0 Å². The van der Waals surface area contributed by atoms with E-state index in [1.807, 2.05) is 0 Å².